The molecule has 18 heavy (non-hydrogen) atoms. The summed E-state index contributed by atoms with van der Waals surface area (Å²) in [5, 5.41) is 2.89. The van der Waals surface area contributed by atoms with Crippen molar-refractivity contribution in [1.82, 2.24) is 5.32 Å². The summed E-state index contributed by atoms with van der Waals surface area (Å²) in [6.07, 6.45) is 1.57. The van der Waals surface area contributed by atoms with E-state index in [1.54, 1.807) is 13.2 Å². The van der Waals surface area contributed by atoms with Gasteiger partial charge in [-0.2, -0.15) is 0 Å². The van der Waals surface area contributed by atoms with Crippen molar-refractivity contribution < 1.29 is 9.53 Å². The molecule has 1 aromatic carbocycles. The Kier molecular flexibility index (Phi) is 5.49. The fourth-order valence-corrected chi connectivity index (χ4v) is 1.66. The molecule has 1 aromatic rings. The molecule has 1 rings (SSSR count). The Hall–Kier alpha value is -1.71. The maximum absolute atomic E-state index is 11.7. The molecule has 100 valence electrons. The summed E-state index contributed by atoms with van der Waals surface area (Å²) in [4.78, 5) is 11.7. The van der Waals surface area contributed by atoms with Crippen LogP contribution in [0.2, 0.25) is 0 Å². The molecule has 3 N–H and O–H groups in total. The summed E-state index contributed by atoms with van der Waals surface area (Å²) >= 11 is 0. The van der Waals surface area contributed by atoms with Crippen molar-refractivity contribution in [2.24, 2.45) is 5.92 Å². The zero-order valence-corrected chi connectivity index (χ0v) is 11.3. The first-order chi connectivity index (χ1) is 8.56. The predicted molar refractivity (Wildman–Crippen MR) is 73.3 cm³/mol. The highest BCUT2D eigenvalue weighted by Gasteiger charge is 2.09. The van der Waals surface area contributed by atoms with Crippen LogP contribution >= 0.6 is 0 Å². The molecule has 0 aliphatic rings. The topological polar surface area (TPSA) is 64.4 Å². The maximum atomic E-state index is 11.7. The first-order valence-electron chi connectivity index (χ1n) is 6.25. The van der Waals surface area contributed by atoms with E-state index in [9.17, 15) is 4.79 Å². The second-order valence-corrected chi connectivity index (χ2v) is 4.57. The average molecular weight is 250 g/mol. The van der Waals surface area contributed by atoms with E-state index in [1.807, 2.05) is 12.1 Å². The number of benzene rings is 1. The number of nitrogen functional groups attached to an aromatic ring is 1. The number of carbonyl (C=O) groups excluding carboxylic acids is 1. The zero-order chi connectivity index (χ0) is 13.5. The zero-order valence-electron chi connectivity index (χ0n) is 11.3. The summed E-state index contributed by atoms with van der Waals surface area (Å²) in [6.45, 7) is 4.60. The number of rotatable bonds is 6. The Morgan fingerprint density at radius 3 is 2.83 bits per heavy atom. The smallest absolute Gasteiger partial charge is 0.220 e. The molecular weight excluding hydrogens is 228 g/mol. The number of amides is 1. The van der Waals surface area contributed by atoms with Gasteiger partial charge in [-0.25, -0.2) is 0 Å². The molecule has 1 unspecified atom stereocenters. The van der Waals surface area contributed by atoms with Crippen LogP contribution in [0.1, 0.15) is 32.3 Å². The fourth-order valence-electron chi connectivity index (χ4n) is 1.66. The van der Waals surface area contributed by atoms with Crippen molar-refractivity contribution in [3.63, 3.8) is 0 Å². The number of hydrogen-bond acceptors (Lipinski definition) is 3. The van der Waals surface area contributed by atoms with Gasteiger partial charge in [0, 0.05) is 24.2 Å². The highest BCUT2D eigenvalue weighted by atomic mass is 16.5. The minimum Gasteiger partial charge on any atom is -0.496 e. The van der Waals surface area contributed by atoms with Crippen LogP contribution in [0, 0.1) is 5.92 Å². The van der Waals surface area contributed by atoms with Crippen LogP contribution in [0.25, 0.3) is 0 Å². The molecule has 0 radical (unpaired) electrons. The highest BCUT2D eigenvalue weighted by molar-refractivity contribution is 5.76. The van der Waals surface area contributed by atoms with E-state index in [2.05, 4.69) is 19.2 Å². The van der Waals surface area contributed by atoms with Crippen molar-refractivity contribution in [2.75, 3.05) is 12.8 Å². The van der Waals surface area contributed by atoms with Gasteiger partial charge in [0.2, 0.25) is 5.91 Å². The van der Waals surface area contributed by atoms with Crippen molar-refractivity contribution in [1.29, 1.82) is 0 Å². The normalized spacial score (nSPS) is 11.9. The third-order valence-corrected chi connectivity index (χ3v) is 3.01. The molecule has 0 saturated carbocycles. The van der Waals surface area contributed by atoms with E-state index in [0.717, 1.165) is 17.7 Å². The van der Waals surface area contributed by atoms with Gasteiger partial charge in [-0.3, -0.25) is 4.79 Å². The molecule has 0 aliphatic heterocycles. The van der Waals surface area contributed by atoms with Crippen molar-refractivity contribution >= 4 is 11.6 Å². The number of nitrogens with one attached hydrogen (secondary N) is 1. The molecule has 0 aromatic heterocycles. The lowest BCUT2D eigenvalue weighted by molar-refractivity contribution is -0.122. The van der Waals surface area contributed by atoms with E-state index < -0.39 is 0 Å². The van der Waals surface area contributed by atoms with Crippen molar-refractivity contribution in [3.8, 4) is 5.75 Å². The Morgan fingerprint density at radius 1 is 1.50 bits per heavy atom. The molecule has 0 spiro atoms. The van der Waals surface area contributed by atoms with Gasteiger partial charge in [-0.15, -0.1) is 0 Å². The lowest BCUT2D eigenvalue weighted by Crippen LogP contribution is -2.24. The standard InChI is InChI=1S/C14H22N2O2/c1-4-10(2)7-14(17)16-9-11-8-12(15)5-6-13(11)18-3/h5-6,8,10H,4,7,9,15H2,1-3H3,(H,16,17). The summed E-state index contributed by atoms with van der Waals surface area (Å²) < 4.78 is 5.23. The Bertz CT molecular complexity index is 405. The van der Waals surface area contributed by atoms with Crippen LogP contribution in [0.5, 0.6) is 5.75 Å². The van der Waals surface area contributed by atoms with Gasteiger partial charge < -0.3 is 15.8 Å². The number of carbonyl (C=O) groups is 1. The number of methoxy groups -OCH3 is 1. The minimum atomic E-state index is 0.0637. The van der Waals surface area contributed by atoms with Gasteiger partial charge in [0.1, 0.15) is 5.75 Å². The molecule has 4 nitrogen and oxygen atoms in total. The molecule has 0 aliphatic carbocycles. The van der Waals surface area contributed by atoms with E-state index in [4.69, 9.17) is 10.5 Å². The first kappa shape index (κ1) is 14.4. The monoisotopic (exact) mass is 250 g/mol. The molecule has 0 bridgehead atoms. The fraction of sp³-hybridized carbons (Fsp3) is 0.500. The minimum absolute atomic E-state index is 0.0637. The van der Waals surface area contributed by atoms with Gasteiger partial charge in [0.05, 0.1) is 7.11 Å². The van der Waals surface area contributed by atoms with E-state index >= 15 is 0 Å². The summed E-state index contributed by atoms with van der Waals surface area (Å²) in [6, 6.07) is 5.41. The summed E-state index contributed by atoms with van der Waals surface area (Å²) in [7, 11) is 1.61. The van der Waals surface area contributed by atoms with E-state index in [0.29, 0.717) is 24.6 Å². The number of anilines is 1. The number of nitrogens with two attached hydrogens (primary N) is 1. The quantitative estimate of drug-likeness (QED) is 0.762. The molecule has 0 heterocycles. The second-order valence-electron chi connectivity index (χ2n) is 4.57. The van der Waals surface area contributed by atoms with Crippen LogP contribution in [0.15, 0.2) is 18.2 Å². The maximum Gasteiger partial charge on any atom is 0.220 e. The molecular formula is C14H22N2O2. The molecule has 1 atom stereocenters. The van der Waals surface area contributed by atoms with Crippen molar-refractivity contribution in [3.05, 3.63) is 23.8 Å². The molecule has 1 amide bonds. The van der Waals surface area contributed by atoms with Crippen LogP contribution < -0.4 is 15.8 Å². The van der Waals surface area contributed by atoms with Gasteiger partial charge in [0.15, 0.2) is 0 Å². The summed E-state index contributed by atoms with van der Waals surface area (Å²) in [5.74, 6) is 1.22. The Labute approximate surface area is 109 Å². The SMILES string of the molecule is CCC(C)CC(=O)NCc1cc(N)ccc1OC. The third-order valence-electron chi connectivity index (χ3n) is 3.01. The highest BCUT2D eigenvalue weighted by Crippen LogP contribution is 2.20. The average Bonchev–Trinajstić information content (AvgIpc) is 2.36. The van der Waals surface area contributed by atoms with Crippen molar-refractivity contribution in [2.45, 2.75) is 33.2 Å². The van der Waals surface area contributed by atoms with E-state index in [1.165, 1.54) is 0 Å². The second kappa shape index (κ2) is 6.89. The molecule has 0 saturated heterocycles. The third kappa shape index (κ3) is 4.28. The molecule has 0 fully saturated rings. The Balaban J connectivity index is 2.57. The Morgan fingerprint density at radius 2 is 2.22 bits per heavy atom. The van der Waals surface area contributed by atoms with Crippen LogP contribution in [-0.2, 0) is 11.3 Å². The molecule has 4 heteroatoms. The van der Waals surface area contributed by atoms with Gasteiger partial charge in [0.25, 0.3) is 0 Å². The van der Waals surface area contributed by atoms with Gasteiger partial charge in [-0.05, 0) is 24.1 Å². The first-order valence-corrected chi connectivity index (χ1v) is 6.25. The van der Waals surface area contributed by atoms with Crippen LogP contribution in [-0.4, -0.2) is 13.0 Å². The van der Waals surface area contributed by atoms with Gasteiger partial charge >= 0.3 is 0 Å². The number of ether oxygens (including phenoxy) is 1. The van der Waals surface area contributed by atoms with Crippen LogP contribution in [0.3, 0.4) is 0 Å². The van der Waals surface area contributed by atoms with E-state index in [-0.39, 0.29) is 5.91 Å². The largest absolute Gasteiger partial charge is 0.496 e. The van der Waals surface area contributed by atoms with Crippen LogP contribution in [0.4, 0.5) is 5.69 Å². The lowest BCUT2D eigenvalue weighted by atomic mass is 10.0. The lowest BCUT2D eigenvalue weighted by Gasteiger charge is -2.12. The van der Waals surface area contributed by atoms with Gasteiger partial charge in [-0.1, -0.05) is 20.3 Å². The summed E-state index contributed by atoms with van der Waals surface area (Å²) in [5.41, 5.74) is 7.29. The predicted octanol–water partition coefficient (Wildman–Crippen LogP) is 2.33. The number of hydrogen-bond donors (Lipinski definition) is 2.